The quantitative estimate of drug-likeness (QED) is 0.402. The minimum Gasteiger partial charge on any atom is -0.480 e. The lowest BCUT2D eigenvalue weighted by molar-refractivity contribution is -0.135. The zero-order chi connectivity index (χ0) is 7.11. The van der Waals surface area contributed by atoms with Gasteiger partial charge in [0.1, 0.15) is 0 Å². The van der Waals surface area contributed by atoms with Crippen LogP contribution in [0.4, 0.5) is 0 Å². The van der Waals surface area contributed by atoms with E-state index in [2.05, 4.69) is 11.2 Å². The zero-order valence-corrected chi connectivity index (χ0v) is 5.05. The van der Waals surface area contributed by atoms with Crippen LogP contribution in [0.5, 0.6) is 0 Å². The van der Waals surface area contributed by atoms with Crippen LogP contribution >= 0.6 is 0 Å². The number of hydrogen-bond acceptors (Lipinski definition) is 2. The van der Waals surface area contributed by atoms with Gasteiger partial charge < -0.3 is 10.4 Å². The standard InChI is InChI=1S/C6H9NO2/c1-2-3-4-7-5-6(8)9/h1,7H,3-5H2,(H,8,9). The third-order valence-corrected chi connectivity index (χ3v) is 0.722. The molecule has 0 aliphatic rings. The lowest BCUT2D eigenvalue weighted by Crippen LogP contribution is -2.22. The van der Waals surface area contributed by atoms with Crippen molar-refractivity contribution >= 4 is 5.97 Å². The number of terminal acetylenes is 1. The van der Waals surface area contributed by atoms with Crippen molar-refractivity contribution in [2.24, 2.45) is 0 Å². The summed E-state index contributed by atoms with van der Waals surface area (Å²) < 4.78 is 0. The van der Waals surface area contributed by atoms with Crippen molar-refractivity contribution in [2.45, 2.75) is 6.42 Å². The highest BCUT2D eigenvalue weighted by Gasteiger charge is 1.91. The molecule has 0 spiro atoms. The Morgan fingerprint density at radius 2 is 2.44 bits per heavy atom. The van der Waals surface area contributed by atoms with E-state index in [1.54, 1.807) is 0 Å². The molecular weight excluding hydrogens is 118 g/mol. The second-order valence-electron chi connectivity index (χ2n) is 1.52. The summed E-state index contributed by atoms with van der Waals surface area (Å²) in [5.41, 5.74) is 0. The number of hydrogen-bond donors (Lipinski definition) is 2. The molecule has 9 heavy (non-hydrogen) atoms. The van der Waals surface area contributed by atoms with Crippen LogP contribution in [0.25, 0.3) is 0 Å². The van der Waals surface area contributed by atoms with Gasteiger partial charge in [0.2, 0.25) is 0 Å². The fourth-order valence-corrected chi connectivity index (χ4v) is 0.356. The van der Waals surface area contributed by atoms with Gasteiger partial charge in [-0.05, 0) is 0 Å². The van der Waals surface area contributed by atoms with Crippen LogP contribution in [0.2, 0.25) is 0 Å². The highest BCUT2D eigenvalue weighted by molar-refractivity contribution is 5.68. The normalized spacial score (nSPS) is 8.33. The molecule has 0 aromatic rings. The van der Waals surface area contributed by atoms with Gasteiger partial charge in [0.05, 0.1) is 6.54 Å². The molecule has 0 aliphatic carbocycles. The minimum absolute atomic E-state index is 0.0122. The van der Waals surface area contributed by atoms with Crippen molar-refractivity contribution in [2.75, 3.05) is 13.1 Å². The second kappa shape index (κ2) is 5.13. The maximum absolute atomic E-state index is 9.85. The Labute approximate surface area is 54.1 Å². The van der Waals surface area contributed by atoms with Crippen LogP contribution < -0.4 is 5.32 Å². The van der Waals surface area contributed by atoms with E-state index in [-0.39, 0.29) is 6.54 Å². The first-order chi connectivity index (χ1) is 4.27. The van der Waals surface area contributed by atoms with Gasteiger partial charge in [-0.15, -0.1) is 12.3 Å². The van der Waals surface area contributed by atoms with E-state index >= 15 is 0 Å². The molecule has 0 unspecified atom stereocenters. The van der Waals surface area contributed by atoms with Crippen LogP contribution in [0.3, 0.4) is 0 Å². The predicted molar refractivity (Wildman–Crippen MR) is 34.0 cm³/mol. The van der Waals surface area contributed by atoms with E-state index in [1.807, 2.05) is 0 Å². The molecule has 0 heterocycles. The molecule has 0 fully saturated rings. The number of carbonyl (C=O) groups is 1. The SMILES string of the molecule is C#CCCNCC(=O)O. The Morgan fingerprint density at radius 3 is 2.89 bits per heavy atom. The maximum atomic E-state index is 9.85. The maximum Gasteiger partial charge on any atom is 0.317 e. The molecule has 2 N–H and O–H groups in total. The monoisotopic (exact) mass is 127 g/mol. The Kier molecular flexibility index (Phi) is 4.56. The summed E-state index contributed by atoms with van der Waals surface area (Å²) in [7, 11) is 0. The van der Waals surface area contributed by atoms with E-state index in [9.17, 15) is 4.79 Å². The van der Waals surface area contributed by atoms with Gasteiger partial charge >= 0.3 is 5.97 Å². The topological polar surface area (TPSA) is 49.3 Å². The first-order valence-corrected chi connectivity index (χ1v) is 2.63. The zero-order valence-electron chi connectivity index (χ0n) is 5.05. The van der Waals surface area contributed by atoms with Crippen LogP contribution in [-0.4, -0.2) is 24.2 Å². The van der Waals surface area contributed by atoms with Crippen molar-refractivity contribution in [3.05, 3.63) is 0 Å². The number of carboxylic acid groups (broad SMARTS) is 1. The summed E-state index contributed by atoms with van der Waals surface area (Å²) in [4.78, 5) is 9.85. The van der Waals surface area contributed by atoms with Gasteiger partial charge in [-0.3, -0.25) is 4.79 Å². The lowest BCUT2D eigenvalue weighted by atomic mass is 10.4. The molecule has 0 saturated carbocycles. The fraction of sp³-hybridized carbons (Fsp3) is 0.500. The molecule has 3 heteroatoms. The van der Waals surface area contributed by atoms with Crippen molar-refractivity contribution in [3.63, 3.8) is 0 Å². The predicted octanol–water partition coefficient (Wildman–Crippen LogP) is -0.316. The summed E-state index contributed by atoms with van der Waals surface area (Å²) in [6.45, 7) is 0.560. The molecule has 0 saturated heterocycles. The highest BCUT2D eigenvalue weighted by atomic mass is 16.4. The number of aliphatic carboxylic acids is 1. The third kappa shape index (κ3) is 6.99. The first kappa shape index (κ1) is 7.99. The van der Waals surface area contributed by atoms with Crippen LogP contribution in [0.15, 0.2) is 0 Å². The number of nitrogens with one attached hydrogen (secondary N) is 1. The van der Waals surface area contributed by atoms with Gasteiger partial charge in [-0.25, -0.2) is 0 Å². The van der Waals surface area contributed by atoms with E-state index in [0.29, 0.717) is 13.0 Å². The number of carboxylic acids is 1. The summed E-state index contributed by atoms with van der Waals surface area (Å²) in [5.74, 6) is 1.53. The average Bonchev–Trinajstić information content (AvgIpc) is 1.80. The van der Waals surface area contributed by atoms with Gasteiger partial charge in [-0.1, -0.05) is 0 Å². The van der Waals surface area contributed by atoms with Gasteiger partial charge in [0.15, 0.2) is 0 Å². The summed E-state index contributed by atoms with van der Waals surface area (Å²) in [5, 5.41) is 10.7. The Balaban J connectivity index is 2.94. The summed E-state index contributed by atoms with van der Waals surface area (Å²) in [6, 6.07) is 0. The van der Waals surface area contributed by atoms with E-state index in [0.717, 1.165) is 0 Å². The fourth-order valence-electron chi connectivity index (χ4n) is 0.356. The van der Waals surface area contributed by atoms with E-state index < -0.39 is 5.97 Å². The molecule has 0 rings (SSSR count). The van der Waals surface area contributed by atoms with Crippen molar-refractivity contribution in [3.8, 4) is 12.3 Å². The molecule has 0 amide bonds. The first-order valence-electron chi connectivity index (χ1n) is 2.63. The van der Waals surface area contributed by atoms with Gasteiger partial charge in [-0.2, -0.15) is 0 Å². The molecule has 0 atom stereocenters. The molecule has 0 aliphatic heterocycles. The van der Waals surface area contributed by atoms with E-state index in [4.69, 9.17) is 11.5 Å². The van der Waals surface area contributed by atoms with Crippen molar-refractivity contribution in [1.29, 1.82) is 0 Å². The van der Waals surface area contributed by atoms with Crippen LogP contribution in [0.1, 0.15) is 6.42 Å². The van der Waals surface area contributed by atoms with Crippen molar-refractivity contribution < 1.29 is 9.90 Å². The minimum atomic E-state index is -0.855. The number of rotatable bonds is 4. The summed E-state index contributed by atoms with van der Waals surface area (Å²) in [6.07, 6.45) is 5.48. The summed E-state index contributed by atoms with van der Waals surface area (Å²) >= 11 is 0. The lowest BCUT2D eigenvalue weighted by Gasteiger charge is -1.94. The Bertz CT molecular complexity index is 126. The third-order valence-electron chi connectivity index (χ3n) is 0.722. The Hall–Kier alpha value is -1.01. The molecule has 50 valence electrons. The molecule has 0 radical (unpaired) electrons. The molecule has 3 nitrogen and oxygen atoms in total. The highest BCUT2D eigenvalue weighted by Crippen LogP contribution is 1.68. The molecular formula is C6H9NO2. The molecule has 0 aromatic heterocycles. The molecule has 0 aromatic carbocycles. The van der Waals surface area contributed by atoms with Crippen molar-refractivity contribution in [1.82, 2.24) is 5.32 Å². The van der Waals surface area contributed by atoms with Crippen LogP contribution in [-0.2, 0) is 4.79 Å². The van der Waals surface area contributed by atoms with Crippen LogP contribution in [0, 0.1) is 12.3 Å². The van der Waals surface area contributed by atoms with Gasteiger partial charge in [0.25, 0.3) is 0 Å². The molecule has 0 bridgehead atoms. The smallest absolute Gasteiger partial charge is 0.317 e. The Morgan fingerprint density at radius 1 is 1.78 bits per heavy atom. The average molecular weight is 127 g/mol. The largest absolute Gasteiger partial charge is 0.480 e. The van der Waals surface area contributed by atoms with E-state index in [1.165, 1.54) is 0 Å². The second-order valence-corrected chi connectivity index (χ2v) is 1.52. The van der Waals surface area contributed by atoms with Gasteiger partial charge in [0, 0.05) is 13.0 Å².